The van der Waals surface area contributed by atoms with Gasteiger partial charge in [0.1, 0.15) is 0 Å². The lowest BCUT2D eigenvalue weighted by Gasteiger charge is -2.11. The summed E-state index contributed by atoms with van der Waals surface area (Å²) in [6, 6.07) is 11.7. The van der Waals surface area contributed by atoms with Gasteiger partial charge in [0.15, 0.2) is 11.5 Å². The third-order valence-corrected chi connectivity index (χ3v) is 3.66. The third kappa shape index (κ3) is 3.65. The zero-order valence-electron chi connectivity index (χ0n) is 11.8. The van der Waals surface area contributed by atoms with Gasteiger partial charge in [-0.15, -0.1) is 0 Å². The summed E-state index contributed by atoms with van der Waals surface area (Å²) < 4.78 is 11.1. The van der Waals surface area contributed by atoms with Crippen LogP contribution in [0.2, 0.25) is 5.02 Å². The fourth-order valence-electron chi connectivity index (χ4n) is 1.99. The van der Waals surface area contributed by atoms with Crippen molar-refractivity contribution in [2.75, 3.05) is 7.11 Å². The summed E-state index contributed by atoms with van der Waals surface area (Å²) in [5, 5.41) is 4.05. The van der Waals surface area contributed by atoms with Crippen LogP contribution in [-0.4, -0.2) is 18.1 Å². The first-order valence-corrected chi connectivity index (χ1v) is 7.34. The van der Waals surface area contributed by atoms with E-state index in [1.54, 1.807) is 13.2 Å². The van der Waals surface area contributed by atoms with Gasteiger partial charge in [-0.3, -0.25) is 0 Å². The Morgan fingerprint density at radius 3 is 2.67 bits per heavy atom. The quantitative estimate of drug-likeness (QED) is 0.882. The van der Waals surface area contributed by atoms with E-state index in [-0.39, 0.29) is 0 Å². The molecule has 0 amide bonds. The summed E-state index contributed by atoms with van der Waals surface area (Å²) in [5.41, 5.74) is 0.802. The zero-order chi connectivity index (χ0) is 14.7. The molecule has 1 fully saturated rings. The van der Waals surface area contributed by atoms with E-state index < -0.39 is 0 Å². The van der Waals surface area contributed by atoms with Gasteiger partial charge in [0, 0.05) is 18.7 Å². The van der Waals surface area contributed by atoms with Gasteiger partial charge in [-0.05, 0) is 31.0 Å². The Hall–Kier alpha value is -1.78. The maximum Gasteiger partial charge on any atom is 0.219 e. The van der Waals surface area contributed by atoms with Crippen LogP contribution in [-0.2, 0) is 6.54 Å². The molecule has 1 aliphatic carbocycles. The lowest BCUT2D eigenvalue weighted by atomic mass is 10.3. The van der Waals surface area contributed by atoms with Crippen LogP contribution in [0.4, 0.5) is 0 Å². The molecule has 0 radical (unpaired) electrons. The number of rotatable bonds is 6. The first-order chi connectivity index (χ1) is 10.3. The summed E-state index contributed by atoms with van der Waals surface area (Å²) >= 11 is 6.18. The number of ether oxygens (including phenoxy) is 2. The van der Waals surface area contributed by atoms with E-state index in [4.69, 9.17) is 21.1 Å². The number of hydrogen-bond donors (Lipinski definition) is 1. The zero-order valence-corrected chi connectivity index (χ0v) is 12.6. The molecule has 0 atom stereocenters. The highest BCUT2D eigenvalue weighted by molar-refractivity contribution is 6.31. The highest BCUT2D eigenvalue weighted by atomic mass is 35.5. The normalized spacial score (nSPS) is 14.0. The molecule has 1 aromatic heterocycles. The van der Waals surface area contributed by atoms with E-state index in [2.05, 4.69) is 10.3 Å². The van der Waals surface area contributed by atoms with E-state index in [1.165, 1.54) is 12.8 Å². The van der Waals surface area contributed by atoms with Crippen LogP contribution in [0.15, 0.2) is 36.4 Å². The summed E-state index contributed by atoms with van der Waals surface area (Å²) in [6.07, 6.45) is 2.46. The fraction of sp³-hybridized carbons (Fsp3) is 0.312. The van der Waals surface area contributed by atoms with Gasteiger partial charge in [-0.1, -0.05) is 23.7 Å². The van der Waals surface area contributed by atoms with Crippen molar-refractivity contribution in [2.45, 2.75) is 25.4 Å². The molecule has 0 saturated heterocycles. The molecule has 0 unspecified atom stereocenters. The summed E-state index contributed by atoms with van der Waals surface area (Å²) in [7, 11) is 1.61. The van der Waals surface area contributed by atoms with Gasteiger partial charge in [-0.2, -0.15) is 0 Å². The number of aromatic nitrogens is 1. The molecule has 0 spiro atoms. The molecule has 3 rings (SSSR count). The minimum atomic E-state index is 0.511. The Balaban J connectivity index is 1.76. The molecule has 0 aliphatic heterocycles. The van der Waals surface area contributed by atoms with Gasteiger partial charge in [-0.25, -0.2) is 4.98 Å². The predicted molar refractivity (Wildman–Crippen MR) is 82.2 cm³/mol. The van der Waals surface area contributed by atoms with Crippen LogP contribution in [0.1, 0.15) is 18.5 Å². The average Bonchev–Trinajstić information content (AvgIpc) is 3.32. The minimum absolute atomic E-state index is 0.511. The van der Waals surface area contributed by atoms with E-state index in [0.717, 1.165) is 5.69 Å². The number of benzene rings is 1. The molecule has 1 heterocycles. The van der Waals surface area contributed by atoms with E-state index in [9.17, 15) is 0 Å². The Morgan fingerprint density at radius 2 is 1.95 bits per heavy atom. The van der Waals surface area contributed by atoms with Gasteiger partial charge >= 0.3 is 0 Å². The first kappa shape index (κ1) is 14.2. The van der Waals surface area contributed by atoms with Crippen LogP contribution in [0.25, 0.3) is 0 Å². The minimum Gasteiger partial charge on any atom is -0.493 e. The van der Waals surface area contributed by atoms with Gasteiger partial charge in [0.25, 0.3) is 0 Å². The van der Waals surface area contributed by atoms with Gasteiger partial charge < -0.3 is 14.8 Å². The predicted octanol–water partition coefficient (Wildman–Crippen LogP) is 3.79. The van der Waals surface area contributed by atoms with Crippen LogP contribution in [0.5, 0.6) is 17.4 Å². The molecule has 1 N–H and O–H groups in total. The van der Waals surface area contributed by atoms with Crippen molar-refractivity contribution in [2.24, 2.45) is 0 Å². The lowest BCUT2D eigenvalue weighted by molar-refractivity contribution is 0.373. The van der Waals surface area contributed by atoms with Crippen molar-refractivity contribution in [1.29, 1.82) is 0 Å². The number of pyridine rings is 1. The first-order valence-electron chi connectivity index (χ1n) is 6.96. The Morgan fingerprint density at radius 1 is 1.19 bits per heavy atom. The van der Waals surface area contributed by atoms with E-state index in [1.807, 2.05) is 30.3 Å². The van der Waals surface area contributed by atoms with Gasteiger partial charge in [0.05, 0.1) is 17.8 Å². The van der Waals surface area contributed by atoms with Crippen molar-refractivity contribution in [3.63, 3.8) is 0 Å². The molecule has 21 heavy (non-hydrogen) atoms. The number of hydrogen-bond acceptors (Lipinski definition) is 4. The fourth-order valence-corrected chi connectivity index (χ4v) is 2.16. The molecular weight excluding hydrogens is 288 g/mol. The van der Waals surface area contributed by atoms with E-state index >= 15 is 0 Å². The van der Waals surface area contributed by atoms with Crippen LogP contribution < -0.4 is 14.8 Å². The molecule has 1 aromatic carbocycles. The molecule has 5 heteroatoms. The van der Waals surface area contributed by atoms with Crippen molar-refractivity contribution in [3.8, 4) is 17.4 Å². The van der Waals surface area contributed by atoms with Crippen molar-refractivity contribution >= 4 is 11.6 Å². The molecule has 4 nitrogen and oxygen atoms in total. The highest BCUT2D eigenvalue weighted by Crippen LogP contribution is 2.31. The maximum atomic E-state index is 6.18. The largest absolute Gasteiger partial charge is 0.493 e. The topological polar surface area (TPSA) is 43.4 Å². The Labute approximate surface area is 129 Å². The Bertz CT molecular complexity index is 629. The second-order valence-electron chi connectivity index (χ2n) is 4.99. The second kappa shape index (κ2) is 6.33. The van der Waals surface area contributed by atoms with Gasteiger partial charge in [0.2, 0.25) is 5.88 Å². The van der Waals surface area contributed by atoms with Crippen LogP contribution in [0.3, 0.4) is 0 Å². The molecular formula is C16H17ClN2O2. The average molecular weight is 305 g/mol. The van der Waals surface area contributed by atoms with Crippen molar-refractivity contribution < 1.29 is 9.47 Å². The SMILES string of the molecule is COc1ccccc1Oc1ccc(Cl)c(CNC2CC2)n1. The summed E-state index contributed by atoms with van der Waals surface area (Å²) in [5.74, 6) is 1.82. The molecule has 110 valence electrons. The Kier molecular flexibility index (Phi) is 4.27. The third-order valence-electron chi connectivity index (χ3n) is 3.31. The summed E-state index contributed by atoms with van der Waals surface area (Å²) in [4.78, 5) is 4.47. The van der Waals surface area contributed by atoms with Crippen LogP contribution in [0, 0.1) is 0 Å². The number of methoxy groups -OCH3 is 1. The number of para-hydroxylation sites is 2. The van der Waals surface area contributed by atoms with Crippen molar-refractivity contribution in [3.05, 3.63) is 47.1 Å². The monoisotopic (exact) mass is 304 g/mol. The lowest BCUT2D eigenvalue weighted by Crippen LogP contribution is -2.16. The molecule has 1 aliphatic rings. The summed E-state index contributed by atoms with van der Waals surface area (Å²) in [6.45, 7) is 0.659. The molecule has 0 bridgehead atoms. The highest BCUT2D eigenvalue weighted by Gasteiger charge is 2.21. The molecule has 2 aromatic rings. The number of nitrogens with one attached hydrogen (secondary N) is 1. The standard InChI is InChI=1S/C16H17ClN2O2/c1-20-14-4-2-3-5-15(14)21-16-9-8-12(17)13(19-16)10-18-11-6-7-11/h2-5,8-9,11,18H,6-7,10H2,1H3. The van der Waals surface area contributed by atoms with Crippen molar-refractivity contribution in [1.82, 2.24) is 10.3 Å². The number of nitrogens with zero attached hydrogens (tertiary/aromatic N) is 1. The smallest absolute Gasteiger partial charge is 0.219 e. The maximum absolute atomic E-state index is 6.18. The number of halogens is 1. The second-order valence-corrected chi connectivity index (χ2v) is 5.39. The molecule has 1 saturated carbocycles. The van der Waals surface area contributed by atoms with E-state index in [0.29, 0.717) is 35.0 Å². The van der Waals surface area contributed by atoms with Crippen LogP contribution >= 0.6 is 11.6 Å².